The number of nitrogens with two attached hydrogens (primary N) is 1. The number of fused-ring (bicyclic) bond motifs is 1. The maximum absolute atomic E-state index is 10.0. The van der Waals surface area contributed by atoms with Crippen molar-refractivity contribution in [3.8, 4) is 0 Å². The molecule has 2 aromatic heterocycles. The minimum absolute atomic E-state index is 0.294. The van der Waals surface area contributed by atoms with Crippen LogP contribution in [0.1, 0.15) is 53.5 Å². The molecule has 5 rings (SSSR count). The summed E-state index contributed by atoms with van der Waals surface area (Å²) >= 11 is 0. The lowest BCUT2D eigenvalue weighted by Gasteiger charge is -2.34. The number of primary amides is 1. The number of ether oxygens (including phenoxy) is 1. The van der Waals surface area contributed by atoms with E-state index in [1.165, 1.54) is 18.5 Å². The van der Waals surface area contributed by atoms with E-state index in [1.54, 1.807) is 20.8 Å². The molecule has 1 amide bonds. The standard InChI is InChI=1S/C23H32N8.C5H11NO2/c1-17(2)31-16-24-20-21(26-23(27-22(20)31)30-10-4-5-11-30)25-18-6-8-19(9-7-18)29-14-12-28(3)13-15-29;1-5(2,3)8-4(6)7/h6-9,16-17H,4-5,10-15H2,1-3H3,(H,25,26,27);1-3H3,(H2,6,7). The number of aromatic nitrogens is 4. The molecule has 2 saturated heterocycles. The van der Waals surface area contributed by atoms with Crippen molar-refractivity contribution in [1.29, 1.82) is 0 Å². The van der Waals surface area contributed by atoms with Gasteiger partial charge in [-0.1, -0.05) is 0 Å². The molecule has 3 aromatic rings. The van der Waals surface area contributed by atoms with Crippen molar-refractivity contribution in [2.45, 2.75) is 59.1 Å². The Morgan fingerprint density at radius 1 is 0.974 bits per heavy atom. The minimum Gasteiger partial charge on any atom is -0.444 e. The van der Waals surface area contributed by atoms with Gasteiger partial charge in [0, 0.05) is 56.7 Å². The summed E-state index contributed by atoms with van der Waals surface area (Å²) in [4.78, 5) is 31.5. The molecule has 0 bridgehead atoms. The quantitative estimate of drug-likeness (QED) is 0.489. The monoisotopic (exact) mass is 537 g/mol. The number of rotatable bonds is 5. The predicted molar refractivity (Wildman–Crippen MR) is 157 cm³/mol. The van der Waals surface area contributed by atoms with Gasteiger partial charge < -0.3 is 35.1 Å². The molecular formula is C28H43N9O2. The zero-order chi connectivity index (χ0) is 28.2. The van der Waals surface area contributed by atoms with Crippen LogP contribution < -0.4 is 20.9 Å². The van der Waals surface area contributed by atoms with Gasteiger partial charge in [0.1, 0.15) is 5.60 Å². The van der Waals surface area contributed by atoms with Crippen LogP contribution in [0.4, 0.5) is 27.9 Å². The van der Waals surface area contributed by atoms with Crippen LogP contribution in [0.3, 0.4) is 0 Å². The molecule has 2 aliphatic heterocycles. The summed E-state index contributed by atoms with van der Waals surface area (Å²) in [6.45, 7) is 16.0. The number of hydrogen-bond donors (Lipinski definition) is 2. The minimum atomic E-state index is -0.725. The van der Waals surface area contributed by atoms with Gasteiger partial charge in [-0.15, -0.1) is 0 Å². The highest BCUT2D eigenvalue weighted by Gasteiger charge is 2.21. The fraction of sp³-hybridized carbons (Fsp3) is 0.571. The van der Waals surface area contributed by atoms with E-state index in [0.717, 1.165) is 67.9 Å². The lowest BCUT2D eigenvalue weighted by atomic mass is 10.2. The summed E-state index contributed by atoms with van der Waals surface area (Å²) in [7, 11) is 2.18. The molecule has 0 unspecified atom stereocenters. The maximum Gasteiger partial charge on any atom is 0.405 e. The number of nitrogens with one attached hydrogen (secondary N) is 1. The van der Waals surface area contributed by atoms with Gasteiger partial charge >= 0.3 is 6.09 Å². The van der Waals surface area contributed by atoms with Crippen molar-refractivity contribution in [3.05, 3.63) is 30.6 Å². The molecule has 0 saturated carbocycles. The Morgan fingerprint density at radius 2 is 1.62 bits per heavy atom. The van der Waals surface area contributed by atoms with E-state index < -0.39 is 11.7 Å². The fourth-order valence-electron chi connectivity index (χ4n) is 4.69. The number of nitrogens with zero attached hydrogens (tertiary/aromatic N) is 7. The molecule has 2 fully saturated rings. The molecule has 11 nitrogen and oxygen atoms in total. The molecule has 212 valence electrons. The lowest BCUT2D eigenvalue weighted by molar-refractivity contribution is 0.0600. The first-order valence-electron chi connectivity index (χ1n) is 13.8. The van der Waals surface area contributed by atoms with Crippen molar-refractivity contribution in [3.63, 3.8) is 0 Å². The van der Waals surface area contributed by atoms with Gasteiger partial charge in [-0.2, -0.15) is 9.97 Å². The van der Waals surface area contributed by atoms with Crippen molar-refractivity contribution in [2.24, 2.45) is 5.73 Å². The van der Waals surface area contributed by atoms with Crippen LogP contribution in [0, 0.1) is 0 Å². The summed E-state index contributed by atoms with van der Waals surface area (Å²) < 4.78 is 6.70. The Labute approximate surface area is 231 Å². The molecule has 39 heavy (non-hydrogen) atoms. The van der Waals surface area contributed by atoms with E-state index in [0.29, 0.717) is 6.04 Å². The maximum atomic E-state index is 10.0. The van der Waals surface area contributed by atoms with Gasteiger partial charge in [0.25, 0.3) is 0 Å². The highest BCUT2D eigenvalue weighted by molar-refractivity contribution is 5.87. The van der Waals surface area contributed by atoms with Gasteiger partial charge in [-0.3, -0.25) is 0 Å². The smallest absolute Gasteiger partial charge is 0.405 e. The van der Waals surface area contributed by atoms with Crippen LogP contribution in [-0.4, -0.2) is 82.4 Å². The SMILES string of the molecule is CC(C)(C)OC(N)=O.CC(C)n1cnc2c(Nc3ccc(N4CCN(C)CC4)cc3)nc(N3CCCC3)nc21. The Balaban J connectivity index is 0.000000386. The van der Waals surface area contributed by atoms with Crippen LogP contribution >= 0.6 is 0 Å². The third-order valence-electron chi connectivity index (χ3n) is 6.76. The average molecular weight is 538 g/mol. The number of carbonyl (C=O) groups is 1. The average Bonchev–Trinajstić information content (AvgIpc) is 3.54. The summed E-state index contributed by atoms with van der Waals surface area (Å²) in [6.07, 6.45) is 3.54. The van der Waals surface area contributed by atoms with Crippen LogP contribution in [0.15, 0.2) is 30.6 Å². The molecule has 0 spiro atoms. The Bertz CT molecular complexity index is 1240. The second-order valence-corrected chi connectivity index (χ2v) is 11.5. The molecule has 4 heterocycles. The second-order valence-electron chi connectivity index (χ2n) is 11.5. The van der Waals surface area contributed by atoms with E-state index >= 15 is 0 Å². The highest BCUT2D eigenvalue weighted by Crippen LogP contribution is 2.29. The van der Waals surface area contributed by atoms with E-state index in [-0.39, 0.29) is 0 Å². The van der Waals surface area contributed by atoms with Gasteiger partial charge in [0.2, 0.25) is 5.95 Å². The Kier molecular flexibility index (Phi) is 8.79. The molecule has 0 radical (unpaired) electrons. The number of amides is 1. The predicted octanol–water partition coefficient (Wildman–Crippen LogP) is 4.38. The highest BCUT2D eigenvalue weighted by atomic mass is 16.6. The molecule has 0 atom stereocenters. The topological polar surface area (TPSA) is 118 Å². The normalized spacial score (nSPS) is 16.4. The summed E-state index contributed by atoms with van der Waals surface area (Å²) in [5.41, 5.74) is 8.27. The van der Waals surface area contributed by atoms with Gasteiger partial charge in [-0.05, 0) is 78.8 Å². The second kappa shape index (κ2) is 12.1. The van der Waals surface area contributed by atoms with Gasteiger partial charge in [0.15, 0.2) is 17.0 Å². The number of likely N-dealkylation sites (N-methyl/N-ethyl adjacent to an activating group) is 1. The molecule has 11 heteroatoms. The van der Waals surface area contributed by atoms with Crippen LogP contribution in [-0.2, 0) is 4.74 Å². The number of hydrogen-bond acceptors (Lipinski definition) is 9. The number of piperazine rings is 1. The third kappa shape index (κ3) is 7.50. The first-order chi connectivity index (χ1) is 18.5. The molecule has 0 aliphatic carbocycles. The van der Waals surface area contributed by atoms with Crippen molar-refractivity contribution < 1.29 is 9.53 Å². The number of carbonyl (C=O) groups excluding carboxylic acids is 1. The molecule has 1 aromatic carbocycles. The largest absolute Gasteiger partial charge is 0.444 e. The number of benzene rings is 1. The van der Waals surface area contributed by atoms with Crippen LogP contribution in [0.25, 0.3) is 11.2 Å². The fourth-order valence-corrected chi connectivity index (χ4v) is 4.69. The van der Waals surface area contributed by atoms with Crippen LogP contribution in [0.5, 0.6) is 0 Å². The molecular weight excluding hydrogens is 494 g/mol. The number of anilines is 4. The molecule has 3 N–H and O–H groups in total. The Hall–Kier alpha value is -3.60. The third-order valence-corrected chi connectivity index (χ3v) is 6.76. The van der Waals surface area contributed by atoms with Crippen LogP contribution in [0.2, 0.25) is 0 Å². The first-order valence-corrected chi connectivity index (χ1v) is 13.8. The van der Waals surface area contributed by atoms with E-state index in [2.05, 4.69) is 79.5 Å². The summed E-state index contributed by atoms with van der Waals surface area (Å²) in [6, 6.07) is 8.95. The van der Waals surface area contributed by atoms with E-state index in [1.807, 2.05) is 6.33 Å². The van der Waals surface area contributed by atoms with Crippen molar-refractivity contribution in [2.75, 3.05) is 61.4 Å². The van der Waals surface area contributed by atoms with E-state index in [4.69, 9.17) is 15.7 Å². The summed E-state index contributed by atoms with van der Waals surface area (Å²) in [5.74, 6) is 1.57. The first kappa shape index (κ1) is 28.4. The lowest BCUT2D eigenvalue weighted by Crippen LogP contribution is -2.44. The van der Waals surface area contributed by atoms with Gasteiger partial charge in [0.05, 0.1) is 6.33 Å². The van der Waals surface area contributed by atoms with Crippen molar-refractivity contribution >= 4 is 40.4 Å². The van der Waals surface area contributed by atoms with E-state index in [9.17, 15) is 4.79 Å². The molecule has 2 aliphatic rings. The zero-order valence-electron chi connectivity index (χ0n) is 24.1. The van der Waals surface area contributed by atoms with Crippen molar-refractivity contribution in [1.82, 2.24) is 24.4 Å². The Morgan fingerprint density at radius 3 is 2.15 bits per heavy atom. The number of imidazole rings is 1. The van der Waals surface area contributed by atoms with Gasteiger partial charge in [-0.25, -0.2) is 9.78 Å². The zero-order valence-corrected chi connectivity index (χ0v) is 24.1. The summed E-state index contributed by atoms with van der Waals surface area (Å²) in [5, 5.41) is 3.52.